The van der Waals surface area contributed by atoms with Crippen LogP contribution in [0.15, 0.2) is 51.9 Å². The Kier molecular flexibility index (Phi) is 3.05. The number of hydrogen-bond acceptors (Lipinski definition) is 3. The number of rotatable bonds is 3. The molecule has 2 aromatic rings. The first-order chi connectivity index (χ1) is 7.81. The molecule has 2 rings (SSSR count). The van der Waals surface area contributed by atoms with E-state index in [9.17, 15) is 4.79 Å². The van der Waals surface area contributed by atoms with Gasteiger partial charge in [0.05, 0.1) is 13.4 Å². The van der Waals surface area contributed by atoms with Crippen molar-refractivity contribution in [1.82, 2.24) is 0 Å². The second kappa shape index (κ2) is 4.66. The second-order valence-electron chi connectivity index (χ2n) is 3.41. The van der Waals surface area contributed by atoms with Crippen LogP contribution in [0.1, 0.15) is 5.56 Å². The van der Waals surface area contributed by atoms with E-state index in [-0.39, 0.29) is 5.63 Å². The molecule has 0 fully saturated rings. The van der Waals surface area contributed by atoms with Gasteiger partial charge >= 0.3 is 5.63 Å². The summed E-state index contributed by atoms with van der Waals surface area (Å²) in [7, 11) is 1.57. The lowest BCUT2D eigenvalue weighted by Crippen LogP contribution is -2.05. The molecule has 0 aliphatic heterocycles. The Morgan fingerprint density at radius 2 is 2.19 bits per heavy atom. The highest BCUT2D eigenvalue weighted by Gasteiger charge is 2.02. The fourth-order valence-electron chi connectivity index (χ4n) is 1.52. The predicted molar refractivity (Wildman–Crippen MR) is 62.3 cm³/mol. The molecule has 0 saturated heterocycles. The van der Waals surface area contributed by atoms with E-state index in [1.54, 1.807) is 25.5 Å². The Hall–Kier alpha value is -2.03. The van der Waals surface area contributed by atoms with Crippen molar-refractivity contribution in [3.05, 3.63) is 58.7 Å². The predicted octanol–water partition coefficient (Wildman–Crippen LogP) is 2.50. The molecular formula is C13H12O3. The van der Waals surface area contributed by atoms with Crippen LogP contribution in [0.2, 0.25) is 0 Å². The summed E-state index contributed by atoms with van der Waals surface area (Å²) in [5.41, 5.74) is 0.957. The number of methoxy groups -OCH3 is 1. The van der Waals surface area contributed by atoms with Crippen LogP contribution in [0.25, 0.3) is 11.0 Å². The maximum atomic E-state index is 11.6. The van der Waals surface area contributed by atoms with E-state index in [0.29, 0.717) is 17.6 Å². The summed E-state index contributed by atoms with van der Waals surface area (Å²) in [6, 6.07) is 9.31. The minimum Gasteiger partial charge on any atom is -0.505 e. The molecule has 0 amide bonds. The summed E-state index contributed by atoms with van der Waals surface area (Å²) in [6.45, 7) is 0. The SMILES string of the molecule is COC=CCc1cc2ccccc2oc1=O. The summed E-state index contributed by atoms with van der Waals surface area (Å²) < 4.78 is 9.97. The molecule has 0 aliphatic carbocycles. The zero-order chi connectivity index (χ0) is 11.4. The molecule has 1 aromatic carbocycles. The van der Waals surface area contributed by atoms with Gasteiger partial charge in [-0.05, 0) is 18.2 Å². The summed E-state index contributed by atoms with van der Waals surface area (Å²) in [4.78, 5) is 11.6. The molecule has 0 radical (unpaired) electrons. The molecule has 0 bridgehead atoms. The van der Waals surface area contributed by atoms with E-state index in [4.69, 9.17) is 9.15 Å². The van der Waals surface area contributed by atoms with Crippen molar-refractivity contribution in [1.29, 1.82) is 0 Å². The van der Waals surface area contributed by atoms with Crippen molar-refractivity contribution in [3.8, 4) is 0 Å². The average Bonchev–Trinajstić information content (AvgIpc) is 2.30. The van der Waals surface area contributed by atoms with Crippen molar-refractivity contribution < 1.29 is 9.15 Å². The Bertz CT molecular complexity index is 567. The first-order valence-corrected chi connectivity index (χ1v) is 5.01. The zero-order valence-corrected chi connectivity index (χ0v) is 8.97. The molecule has 82 valence electrons. The molecule has 1 heterocycles. The van der Waals surface area contributed by atoms with Crippen LogP contribution in [0, 0.1) is 0 Å². The van der Waals surface area contributed by atoms with Gasteiger partial charge in [0.25, 0.3) is 0 Å². The number of fused-ring (bicyclic) bond motifs is 1. The minimum atomic E-state index is -0.292. The number of allylic oxidation sites excluding steroid dienone is 1. The third-order valence-corrected chi connectivity index (χ3v) is 2.28. The van der Waals surface area contributed by atoms with Gasteiger partial charge in [0.15, 0.2) is 0 Å². The van der Waals surface area contributed by atoms with Gasteiger partial charge in [-0.1, -0.05) is 18.2 Å². The van der Waals surface area contributed by atoms with Gasteiger partial charge in [-0.25, -0.2) is 4.79 Å². The van der Waals surface area contributed by atoms with Gasteiger partial charge in [0.2, 0.25) is 0 Å². The Labute approximate surface area is 93.0 Å². The lowest BCUT2D eigenvalue weighted by Gasteiger charge is -1.98. The molecular weight excluding hydrogens is 204 g/mol. The molecule has 0 unspecified atom stereocenters. The van der Waals surface area contributed by atoms with Gasteiger partial charge < -0.3 is 9.15 Å². The molecule has 1 aromatic heterocycles. The molecule has 0 saturated carbocycles. The quantitative estimate of drug-likeness (QED) is 0.584. The highest BCUT2D eigenvalue weighted by atomic mass is 16.5. The maximum Gasteiger partial charge on any atom is 0.339 e. The monoisotopic (exact) mass is 216 g/mol. The lowest BCUT2D eigenvalue weighted by atomic mass is 10.1. The van der Waals surface area contributed by atoms with Gasteiger partial charge in [-0.2, -0.15) is 0 Å². The maximum absolute atomic E-state index is 11.6. The van der Waals surface area contributed by atoms with Crippen LogP contribution < -0.4 is 5.63 Å². The largest absolute Gasteiger partial charge is 0.505 e. The second-order valence-corrected chi connectivity index (χ2v) is 3.41. The molecule has 0 spiro atoms. The molecule has 16 heavy (non-hydrogen) atoms. The number of hydrogen-bond donors (Lipinski definition) is 0. The Morgan fingerprint density at radius 1 is 1.38 bits per heavy atom. The summed E-state index contributed by atoms with van der Waals surface area (Å²) in [5, 5.41) is 0.933. The van der Waals surface area contributed by atoms with Crippen molar-refractivity contribution in [2.24, 2.45) is 0 Å². The molecule has 0 aliphatic rings. The van der Waals surface area contributed by atoms with Crippen LogP contribution in [0.4, 0.5) is 0 Å². The number of para-hydroxylation sites is 1. The fourth-order valence-corrected chi connectivity index (χ4v) is 1.52. The topological polar surface area (TPSA) is 39.4 Å². The molecule has 0 atom stereocenters. The minimum absolute atomic E-state index is 0.292. The van der Waals surface area contributed by atoms with Gasteiger partial charge in [0, 0.05) is 17.4 Å². The normalized spacial score (nSPS) is 11.1. The molecule has 3 nitrogen and oxygen atoms in total. The van der Waals surface area contributed by atoms with Crippen molar-refractivity contribution >= 4 is 11.0 Å². The summed E-state index contributed by atoms with van der Waals surface area (Å²) in [5.74, 6) is 0. The van der Waals surface area contributed by atoms with E-state index in [0.717, 1.165) is 5.39 Å². The highest BCUT2D eigenvalue weighted by Crippen LogP contribution is 2.12. The van der Waals surface area contributed by atoms with E-state index in [1.807, 2.05) is 24.3 Å². The molecule has 0 N–H and O–H groups in total. The first kappa shape index (κ1) is 10.5. The Morgan fingerprint density at radius 3 is 3.00 bits per heavy atom. The third-order valence-electron chi connectivity index (χ3n) is 2.28. The van der Waals surface area contributed by atoms with Crippen LogP contribution in [0.3, 0.4) is 0 Å². The number of benzene rings is 1. The lowest BCUT2D eigenvalue weighted by molar-refractivity contribution is 0.336. The van der Waals surface area contributed by atoms with E-state index in [1.165, 1.54) is 0 Å². The first-order valence-electron chi connectivity index (χ1n) is 5.01. The van der Waals surface area contributed by atoms with Crippen LogP contribution in [-0.4, -0.2) is 7.11 Å². The standard InChI is InChI=1S/C13H12O3/c1-15-8-4-6-11-9-10-5-2-3-7-12(10)16-13(11)14/h2-5,7-9H,6H2,1H3. The fraction of sp³-hybridized carbons (Fsp3) is 0.154. The van der Waals surface area contributed by atoms with E-state index in [2.05, 4.69) is 0 Å². The van der Waals surface area contributed by atoms with Crippen LogP contribution in [-0.2, 0) is 11.2 Å². The van der Waals surface area contributed by atoms with E-state index >= 15 is 0 Å². The van der Waals surface area contributed by atoms with Gasteiger partial charge in [0.1, 0.15) is 5.58 Å². The smallest absolute Gasteiger partial charge is 0.339 e. The third kappa shape index (κ3) is 2.14. The van der Waals surface area contributed by atoms with Crippen LogP contribution >= 0.6 is 0 Å². The van der Waals surface area contributed by atoms with Crippen molar-refractivity contribution in [3.63, 3.8) is 0 Å². The van der Waals surface area contributed by atoms with Gasteiger partial charge in [-0.15, -0.1) is 0 Å². The Balaban J connectivity index is 2.42. The zero-order valence-electron chi connectivity index (χ0n) is 8.97. The average molecular weight is 216 g/mol. The summed E-state index contributed by atoms with van der Waals surface area (Å²) >= 11 is 0. The molecule has 3 heteroatoms. The van der Waals surface area contributed by atoms with Crippen molar-refractivity contribution in [2.45, 2.75) is 6.42 Å². The van der Waals surface area contributed by atoms with E-state index < -0.39 is 0 Å². The number of ether oxygens (including phenoxy) is 1. The highest BCUT2D eigenvalue weighted by molar-refractivity contribution is 5.76. The summed E-state index contributed by atoms with van der Waals surface area (Å²) in [6.07, 6.45) is 3.84. The van der Waals surface area contributed by atoms with Crippen LogP contribution in [0.5, 0.6) is 0 Å². The van der Waals surface area contributed by atoms with Gasteiger partial charge in [-0.3, -0.25) is 0 Å². The van der Waals surface area contributed by atoms with Crippen molar-refractivity contribution in [2.75, 3.05) is 7.11 Å².